The van der Waals surface area contributed by atoms with Gasteiger partial charge < -0.3 is 24.4 Å². The SMILES string of the molecule is CCCC(=O)Nc1nc(Cl)nc2c1ncn2[C@@H]1O[C@H](COP(=O)(N[C@@H](C)C(=O)OC(C)C)Oc2ccccc2)C(C)(CO)C1F. The number of ether oxygens (including phenoxy) is 2. The molecule has 0 bridgehead atoms. The molecule has 3 aromatic rings. The lowest BCUT2D eigenvalue weighted by Crippen LogP contribution is -2.42. The van der Waals surface area contributed by atoms with E-state index in [-0.39, 0.29) is 40.3 Å². The number of anilines is 1. The van der Waals surface area contributed by atoms with Gasteiger partial charge in [-0.15, -0.1) is 0 Å². The number of hydrogen-bond donors (Lipinski definition) is 3. The summed E-state index contributed by atoms with van der Waals surface area (Å²) in [6, 6.07) is 7.03. The fraction of sp³-hybridized carbons (Fsp3) is 0.536. The molecule has 14 nitrogen and oxygen atoms in total. The van der Waals surface area contributed by atoms with Crippen LogP contribution in [0.25, 0.3) is 11.2 Å². The van der Waals surface area contributed by atoms with Crippen molar-refractivity contribution in [1.82, 2.24) is 24.6 Å². The first-order valence-electron chi connectivity index (χ1n) is 14.4. The Hall–Kier alpha value is -3.20. The molecule has 1 amide bonds. The van der Waals surface area contributed by atoms with E-state index in [1.54, 1.807) is 44.2 Å². The average molecular weight is 671 g/mol. The molecule has 3 N–H and O–H groups in total. The molecule has 6 atom stereocenters. The third kappa shape index (κ3) is 7.97. The predicted octanol–water partition coefficient (Wildman–Crippen LogP) is 4.59. The Kier molecular flexibility index (Phi) is 11.2. The van der Waals surface area contributed by atoms with Crippen molar-refractivity contribution in [1.29, 1.82) is 0 Å². The summed E-state index contributed by atoms with van der Waals surface area (Å²) in [6.45, 7) is 6.88. The molecular formula is C28H37ClFN6O8P. The van der Waals surface area contributed by atoms with Gasteiger partial charge in [-0.05, 0) is 50.9 Å². The minimum absolute atomic E-state index is 0.0515. The molecule has 1 aromatic carbocycles. The van der Waals surface area contributed by atoms with Crippen LogP contribution in [0, 0.1) is 5.41 Å². The number of nitrogens with one attached hydrogen (secondary N) is 2. The van der Waals surface area contributed by atoms with E-state index in [0.717, 1.165) is 0 Å². The second-order valence-electron chi connectivity index (χ2n) is 11.1. The number of para-hydroxylation sites is 1. The molecule has 4 rings (SSSR count). The van der Waals surface area contributed by atoms with Gasteiger partial charge in [-0.3, -0.25) is 18.7 Å². The zero-order chi connectivity index (χ0) is 32.9. The molecule has 0 radical (unpaired) electrons. The van der Waals surface area contributed by atoms with Crippen molar-refractivity contribution in [2.45, 2.75) is 78.1 Å². The van der Waals surface area contributed by atoms with E-state index in [1.165, 1.54) is 24.7 Å². The number of alkyl halides is 1. The van der Waals surface area contributed by atoms with Gasteiger partial charge >= 0.3 is 13.7 Å². The molecule has 1 aliphatic rings. The lowest BCUT2D eigenvalue weighted by Gasteiger charge is -2.30. The lowest BCUT2D eigenvalue weighted by molar-refractivity contribution is -0.149. The van der Waals surface area contributed by atoms with Crippen molar-refractivity contribution in [2.24, 2.45) is 5.41 Å². The minimum atomic E-state index is -4.32. The molecule has 2 aromatic heterocycles. The van der Waals surface area contributed by atoms with Crippen LogP contribution >= 0.6 is 19.3 Å². The Morgan fingerprint density at radius 1 is 1.24 bits per heavy atom. The van der Waals surface area contributed by atoms with Crippen molar-refractivity contribution in [3.8, 4) is 5.75 Å². The molecule has 17 heteroatoms. The summed E-state index contributed by atoms with van der Waals surface area (Å²) in [5.74, 6) is -0.768. The maximum Gasteiger partial charge on any atom is 0.459 e. The van der Waals surface area contributed by atoms with E-state index >= 15 is 4.39 Å². The first kappa shape index (κ1) is 34.7. The highest BCUT2D eigenvalue weighted by molar-refractivity contribution is 7.52. The number of aliphatic hydroxyl groups is 1. The van der Waals surface area contributed by atoms with E-state index in [2.05, 4.69) is 25.4 Å². The minimum Gasteiger partial charge on any atom is -0.462 e. The molecule has 3 unspecified atom stereocenters. The number of amides is 1. The second kappa shape index (κ2) is 14.5. The van der Waals surface area contributed by atoms with Crippen LogP contribution in [0.5, 0.6) is 5.75 Å². The van der Waals surface area contributed by atoms with Gasteiger partial charge in [0.1, 0.15) is 11.8 Å². The van der Waals surface area contributed by atoms with Crippen LogP contribution < -0.4 is 14.9 Å². The number of halogens is 2. The van der Waals surface area contributed by atoms with Crippen LogP contribution in [0.2, 0.25) is 5.28 Å². The Morgan fingerprint density at radius 2 is 1.96 bits per heavy atom. The Bertz CT molecular complexity index is 1550. The number of benzene rings is 1. The van der Waals surface area contributed by atoms with Crippen molar-refractivity contribution in [3.63, 3.8) is 0 Å². The number of carbonyl (C=O) groups excluding carboxylic acids is 2. The third-order valence-electron chi connectivity index (χ3n) is 7.09. The number of rotatable bonds is 14. The number of imidazole rings is 1. The monoisotopic (exact) mass is 670 g/mol. The summed E-state index contributed by atoms with van der Waals surface area (Å²) in [6.07, 6.45) is -2.72. The second-order valence-corrected chi connectivity index (χ2v) is 13.1. The van der Waals surface area contributed by atoms with Crippen molar-refractivity contribution in [3.05, 3.63) is 41.9 Å². The van der Waals surface area contributed by atoms with Crippen molar-refractivity contribution < 1.29 is 42.2 Å². The number of fused-ring (bicyclic) bond motifs is 1. The van der Waals surface area contributed by atoms with Gasteiger partial charge in [-0.1, -0.05) is 32.0 Å². The van der Waals surface area contributed by atoms with E-state index in [1.807, 2.05) is 6.92 Å². The zero-order valence-electron chi connectivity index (χ0n) is 25.5. The maximum atomic E-state index is 16.2. The quantitative estimate of drug-likeness (QED) is 0.124. The molecule has 0 saturated carbocycles. The molecular weight excluding hydrogens is 634 g/mol. The van der Waals surface area contributed by atoms with Gasteiger partial charge in [0.2, 0.25) is 11.2 Å². The summed E-state index contributed by atoms with van der Waals surface area (Å²) in [7, 11) is -4.32. The first-order valence-corrected chi connectivity index (χ1v) is 16.3. The summed E-state index contributed by atoms with van der Waals surface area (Å²) in [4.78, 5) is 37.2. The number of carbonyl (C=O) groups is 2. The molecule has 1 saturated heterocycles. The van der Waals surface area contributed by atoms with E-state index in [4.69, 9.17) is 30.1 Å². The molecule has 1 fully saturated rings. The average Bonchev–Trinajstić information content (AvgIpc) is 3.50. The highest BCUT2D eigenvalue weighted by Gasteiger charge is 2.56. The van der Waals surface area contributed by atoms with Crippen molar-refractivity contribution >= 4 is 48.2 Å². The third-order valence-corrected chi connectivity index (χ3v) is 8.90. The standard InChI is InChI=1S/C28H37ClFN6O8P/c1-6-10-20(38)32-23-21-24(34-27(29)33-23)36(15-31-21)25-22(30)28(5,14-37)19(43-25)13-41-45(40,44-18-11-8-7-9-12-18)35-17(4)26(39)42-16(2)3/h7-9,11-12,15-17,19,22,25,37H,6,10,13-14H2,1-5H3,(H,35,40)(H,32,33,34,38)/t17-,19+,22?,25+,28?,45?/m0/s1. The summed E-state index contributed by atoms with van der Waals surface area (Å²) >= 11 is 6.13. The summed E-state index contributed by atoms with van der Waals surface area (Å²) < 4.78 is 54.1. The van der Waals surface area contributed by atoms with Crippen molar-refractivity contribution in [2.75, 3.05) is 18.5 Å². The highest BCUT2D eigenvalue weighted by atomic mass is 35.5. The van der Waals surface area contributed by atoms with Gasteiger partial charge in [0.05, 0.1) is 37.2 Å². The molecule has 0 spiro atoms. The molecule has 246 valence electrons. The van der Waals surface area contributed by atoms with E-state index in [0.29, 0.717) is 6.42 Å². The van der Waals surface area contributed by atoms with Crippen LogP contribution in [0.15, 0.2) is 36.7 Å². The molecule has 1 aliphatic heterocycles. The van der Waals surface area contributed by atoms with Gasteiger partial charge in [-0.2, -0.15) is 15.1 Å². The van der Waals surface area contributed by atoms with E-state index in [9.17, 15) is 19.3 Å². The van der Waals surface area contributed by atoms with Gasteiger partial charge in [0.15, 0.2) is 29.4 Å². The number of nitrogens with zero attached hydrogens (tertiary/aromatic N) is 4. The maximum absolute atomic E-state index is 16.2. The summed E-state index contributed by atoms with van der Waals surface area (Å²) in [5.41, 5.74) is -1.33. The predicted molar refractivity (Wildman–Crippen MR) is 162 cm³/mol. The summed E-state index contributed by atoms with van der Waals surface area (Å²) in [5, 5.41) is 15.3. The zero-order valence-corrected chi connectivity index (χ0v) is 27.1. The van der Waals surface area contributed by atoms with Gasteiger partial charge in [0, 0.05) is 6.42 Å². The molecule has 45 heavy (non-hydrogen) atoms. The van der Waals surface area contributed by atoms with Gasteiger partial charge in [0.25, 0.3) is 0 Å². The van der Waals surface area contributed by atoms with E-state index < -0.39 is 63.0 Å². The fourth-order valence-electron chi connectivity index (χ4n) is 4.61. The Labute approximate surface area is 264 Å². The topological polar surface area (TPSA) is 176 Å². The molecule has 3 heterocycles. The Morgan fingerprint density at radius 3 is 2.60 bits per heavy atom. The van der Waals surface area contributed by atoms with Crippen LogP contribution in [-0.4, -0.2) is 74.1 Å². The lowest BCUT2D eigenvalue weighted by atomic mass is 9.82. The number of aromatic nitrogens is 4. The van der Waals surface area contributed by atoms with Crippen LogP contribution in [0.1, 0.15) is 53.7 Å². The first-order chi connectivity index (χ1) is 21.3. The smallest absolute Gasteiger partial charge is 0.459 e. The van der Waals surface area contributed by atoms with Crippen LogP contribution in [0.4, 0.5) is 10.2 Å². The van der Waals surface area contributed by atoms with Crippen LogP contribution in [-0.2, 0) is 28.2 Å². The molecule has 0 aliphatic carbocycles. The highest BCUT2D eigenvalue weighted by Crippen LogP contribution is 2.50. The van der Waals surface area contributed by atoms with Crippen LogP contribution in [0.3, 0.4) is 0 Å². The Balaban J connectivity index is 1.60. The number of hydrogen-bond acceptors (Lipinski definition) is 11. The number of aliphatic hydroxyl groups excluding tert-OH is 1. The number of esters is 1. The fourth-order valence-corrected chi connectivity index (χ4v) is 6.26. The normalized spacial score (nSPS) is 23.5. The van der Waals surface area contributed by atoms with Gasteiger partial charge in [-0.25, -0.2) is 13.9 Å². The largest absolute Gasteiger partial charge is 0.462 e.